The average Bonchev–Trinajstić information content (AvgIpc) is 2.68. The summed E-state index contributed by atoms with van der Waals surface area (Å²) < 4.78 is 0. The van der Waals surface area contributed by atoms with Crippen LogP contribution >= 0.6 is 0 Å². The maximum absolute atomic E-state index is 12.7. The molecular formula is C18H34N6O7. The van der Waals surface area contributed by atoms with E-state index in [1.165, 1.54) is 13.8 Å². The Morgan fingerprint density at radius 2 is 1.52 bits per heavy atom. The normalized spacial score (nSPS) is 15.6. The van der Waals surface area contributed by atoms with Crippen LogP contribution in [0.5, 0.6) is 0 Å². The zero-order valence-corrected chi connectivity index (χ0v) is 17.8. The lowest BCUT2D eigenvalue weighted by Gasteiger charge is -2.26. The smallest absolute Gasteiger partial charge is 0.325 e. The molecule has 5 unspecified atom stereocenters. The molecule has 0 aromatic carbocycles. The molecule has 0 radical (unpaired) electrons. The van der Waals surface area contributed by atoms with E-state index in [4.69, 9.17) is 22.3 Å². The van der Waals surface area contributed by atoms with E-state index in [2.05, 4.69) is 16.0 Å². The fourth-order valence-electron chi connectivity index (χ4n) is 2.49. The number of hydrogen-bond acceptors (Lipinski definition) is 8. The first-order valence-electron chi connectivity index (χ1n) is 9.96. The van der Waals surface area contributed by atoms with Gasteiger partial charge in [0.15, 0.2) is 0 Å². The number of nitrogens with one attached hydrogen (secondary N) is 3. The SMILES string of the molecule is CC(NC(=O)C(CCCCN)NC(=O)C(NC(=O)C(N)CCC(N)=O)C(C)O)C(=O)O. The highest BCUT2D eigenvalue weighted by atomic mass is 16.4. The van der Waals surface area contributed by atoms with E-state index in [0.29, 0.717) is 19.4 Å². The number of aliphatic hydroxyl groups is 1. The van der Waals surface area contributed by atoms with Crippen LogP contribution in [0.15, 0.2) is 0 Å². The number of hydrogen-bond donors (Lipinski definition) is 8. The van der Waals surface area contributed by atoms with Crippen molar-refractivity contribution in [3.8, 4) is 0 Å². The summed E-state index contributed by atoms with van der Waals surface area (Å²) in [5.41, 5.74) is 16.1. The second kappa shape index (κ2) is 14.3. The van der Waals surface area contributed by atoms with Gasteiger partial charge in [0.1, 0.15) is 18.1 Å². The van der Waals surface area contributed by atoms with Gasteiger partial charge in [-0.1, -0.05) is 0 Å². The van der Waals surface area contributed by atoms with Crippen molar-refractivity contribution >= 4 is 29.6 Å². The molecule has 0 bridgehead atoms. The van der Waals surface area contributed by atoms with Gasteiger partial charge in [-0.15, -0.1) is 0 Å². The summed E-state index contributed by atoms with van der Waals surface area (Å²) in [7, 11) is 0. The summed E-state index contributed by atoms with van der Waals surface area (Å²) in [5.74, 6) is -4.27. The Bertz CT molecular complexity index is 643. The maximum atomic E-state index is 12.7. The maximum Gasteiger partial charge on any atom is 0.325 e. The molecule has 11 N–H and O–H groups in total. The molecular weight excluding hydrogens is 412 g/mol. The molecule has 5 atom stereocenters. The van der Waals surface area contributed by atoms with Crippen molar-refractivity contribution in [1.29, 1.82) is 0 Å². The Labute approximate surface area is 180 Å². The predicted molar refractivity (Wildman–Crippen MR) is 110 cm³/mol. The van der Waals surface area contributed by atoms with Gasteiger partial charge in [0, 0.05) is 6.42 Å². The number of carboxylic acids is 1. The monoisotopic (exact) mass is 446 g/mol. The van der Waals surface area contributed by atoms with Gasteiger partial charge in [-0.3, -0.25) is 24.0 Å². The standard InChI is InChI=1S/C18H34N6O7/c1-9(18(30)31)22-16(28)12(5-3-4-8-19)23-17(29)14(10(2)25)24-15(27)11(20)6-7-13(21)26/h9-12,14,25H,3-8,19-20H2,1-2H3,(H2,21,26)(H,22,28)(H,23,29)(H,24,27)(H,30,31). The minimum absolute atomic E-state index is 0.0491. The third-order valence-electron chi connectivity index (χ3n) is 4.41. The minimum atomic E-state index is -1.44. The summed E-state index contributed by atoms with van der Waals surface area (Å²) in [6.45, 7) is 2.89. The molecule has 0 saturated carbocycles. The predicted octanol–water partition coefficient (Wildman–Crippen LogP) is -3.35. The topological polar surface area (TPSA) is 240 Å². The van der Waals surface area contributed by atoms with Crippen LogP contribution in [-0.4, -0.2) is 76.6 Å². The number of unbranched alkanes of at least 4 members (excludes halogenated alkanes) is 1. The molecule has 0 spiro atoms. The molecule has 31 heavy (non-hydrogen) atoms. The summed E-state index contributed by atoms with van der Waals surface area (Å²) in [6.07, 6.45) is -0.310. The van der Waals surface area contributed by atoms with E-state index in [9.17, 15) is 29.1 Å². The minimum Gasteiger partial charge on any atom is -0.480 e. The summed E-state index contributed by atoms with van der Waals surface area (Å²) in [4.78, 5) is 59.1. The fraction of sp³-hybridized carbons (Fsp3) is 0.722. The van der Waals surface area contributed by atoms with Gasteiger partial charge in [-0.05, 0) is 46.1 Å². The van der Waals surface area contributed by atoms with Crippen LogP contribution in [0.1, 0.15) is 46.0 Å². The lowest BCUT2D eigenvalue weighted by molar-refractivity contribution is -0.142. The lowest BCUT2D eigenvalue weighted by Crippen LogP contribution is -2.59. The highest BCUT2D eigenvalue weighted by Gasteiger charge is 2.31. The highest BCUT2D eigenvalue weighted by molar-refractivity contribution is 5.94. The van der Waals surface area contributed by atoms with Gasteiger partial charge >= 0.3 is 5.97 Å². The van der Waals surface area contributed by atoms with Crippen LogP contribution in [0.4, 0.5) is 0 Å². The van der Waals surface area contributed by atoms with Crippen LogP contribution in [0.25, 0.3) is 0 Å². The molecule has 0 aliphatic carbocycles. The van der Waals surface area contributed by atoms with E-state index in [0.717, 1.165) is 0 Å². The zero-order chi connectivity index (χ0) is 24.1. The molecule has 13 nitrogen and oxygen atoms in total. The number of aliphatic carboxylic acids is 1. The highest BCUT2D eigenvalue weighted by Crippen LogP contribution is 2.05. The van der Waals surface area contributed by atoms with Crippen molar-refractivity contribution in [2.24, 2.45) is 17.2 Å². The number of carboxylic acid groups (broad SMARTS) is 1. The molecule has 0 saturated heterocycles. The largest absolute Gasteiger partial charge is 0.480 e. The van der Waals surface area contributed by atoms with E-state index in [-0.39, 0.29) is 19.3 Å². The number of carbonyl (C=O) groups is 5. The molecule has 0 heterocycles. The summed E-state index contributed by atoms with van der Waals surface area (Å²) in [6, 6.07) is -4.87. The van der Waals surface area contributed by atoms with Crippen LogP contribution in [-0.2, 0) is 24.0 Å². The first-order valence-corrected chi connectivity index (χ1v) is 9.96. The number of amides is 4. The van der Waals surface area contributed by atoms with Crippen LogP contribution < -0.4 is 33.2 Å². The molecule has 13 heteroatoms. The molecule has 0 rings (SSSR count). The summed E-state index contributed by atoms with van der Waals surface area (Å²) >= 11 is 0. The van der Waals surface area contributed by atoms with Crippen molar-refractivity contribution in [3.05, 3.63) is 0 Å². The van der Waals surface area contributed by atoms with E-state index in [1.807, 2.05) is 0 Å². The van der Waals surface area contributed by atoms with E-state index in [1.54, 1.807) is 0 Å². The first-order chi connectivity index (χ1) is 14.4. The van der Waals surface area contributed by atoms with Crippen LogP contribution in [0.3, 0.4) is 0 Å². The number of carbonyl (C=O) groups excluding carboxylic acids is 4. The van der Waals surface area contributed by atoms with E-state index < -0.39 is 59.9 Å². The zero-order valence-electron chi connectivity index (χ0n) is 17.8. The Balaban J connectivity index is 5.23. The summed E-state index contributed by atoms with van der Waals surface area (Å²) in [5, 5.41) is 25.9. The molecule has 4 amide bonds. The molecule has 0 aromatic rings. The second-order valence-corrected chi connectivity index (χ2v) is 7.25. The molecule has 178 valence electrons. The molecule has 0 aromatic heterocycles. The van der Waals surface area contributed by atoms with Gasteiger partial charge in [-0.2, -0.15) is 0 Å². The van der Waals surface area contributed by atoms with Gasteiger partial charge in [0.05, 0.1) is 12.1 Å². The molecule has 0 aliphatic rings. The molecule has 0 aliphatic heterocycles. The van der Waals surface area contributed by atoms with Gasteiger partial charge in [0.2, 0.25) is 23.6 Å². The number of rotatable bonds is 15. The Kier molecular flexibility index (Phi) is 13.0. The quantitative estimate of drug-likeness (QED) is 0.117. The Morgan fingerprint density at radius 3 is 2.00 bits per heavy atom. The van der Waals surface area contributed by atoms with Crippen molar-refractivity contribution < 1.29 is 34.2 Å². The van der Waals surface area contributed by atoms with Crippen molar-refractivity contribution in [2.45, 2.75) is 76.2 Å². The van der Waals surface area contributed by atoms with Crippen molar-refractivity contribution in [1.82, 2.24) is 16.0 Å². The molecule has 0 fully saturated rings. The average molecular weight is 447 g/mol. The van der Waals surface area contributed by atoms with Gasteiger partial charge < -0.3 is 43.4 Å². The fourth-order valence-corrected chi connectivity index (χ4v) is 2.49. The second-order valence-electron chi connectivity index (χ2n) is 7.25. The van der Waals surface area contributed by atoms with Crippen molar-refractivity contribution in [3.63, 3.8) is 0 Å². The van der Waals surface area contributed by atoms with Crippen LogP contribution in [0, 0.1) is 0 Å². The van der Waals surface area contributed by atoms with E-state index >= 15 is 0 Å². The lowest BCUT2D eigenvalue weighted by atomic mass is 10.1. The van der Waals surface area contributed by atoms with Crippen LogP contribution in [0.2, 0.25) is 0 Å². The Morgan fingerprint density at radius 1 is 0.903 bits per heavy atom. The third-order valence-corrected chi connectivity index (χ3v) is 4.41. The first kappa shape index (κ1) is 28.2. The Hall–Kier alpha value is -2.77. The number of primary amides is 1. The third kappa shape index (κ3) is 11.3. The van der Waals surface area contributed by atoms with Gasteiger partial charge in [0.25, 0.3) is 0 Å². The van der Waals surface area contributed by atoms with Crippen molar-refractivity contribution in [2.75, 3.05) is 6.54 Å². The number of nitrogens with two attached hydrogens (primary N) is 3. The number of aliphatic hydroxyl groups excluding tert-OH is 1. The van der Waals surface area contributed by atoms with Gasteiger partial charge in [-0.25, -0.2) is 0 Å².